The van der Waals surface area contributed by atoms with Crippen molar-refractivity contribution in [2.45, 2.75) is 6.92 Å². The van der Waals surface area contributed by atoms with Crippen LogP contribution in [0.25, 0.3) is 0 Å². The maximum atomic E-state index is 12.1. The molecule has 2 aromatic rings. The van der Waals surface area contributed by atoms with Crippen LogP contribution in [-0.4, -0.2) is 19.5 Å². The van der Waals surface area contributed by atoms with E-state index in [0.29, 0.717) is 16.4 Å². The predicted molar refractivity (Wildman–Crippen MR) is 88.9 cm³/mol. The second-order valence-electron chi connectivity index (χ2n) is 4.97. The van der Waals surface area contributed by atoms with Gasteiger partial charge in [0.15, 0.2) is 0 Å². The molecule has 0 fully saturated rings. The molecular weight excluding hydrogens is 286 g/mol. The molecule has 0 spiro atoms. The molecule has 3 N–H and O–H groups in total. The number of hydrogen-bond donors (Lipinski definition) is 2. The van der Waals surface area contributed by atoms with Crippen LogP contribution < -0.4 is 16.0 Å². The molecule has 21 heavy (non-hydrogen) atoms. The van der Waals surface area contributed by atoms with Crippen molar-refractivity contribution in [3.05, 3.63) is 53.1 Å². The van der Waals surface area contributed by atoms with Gasteiger partial charge >= 0.3 is 0 Å². The van der Waals surface area contributed by atoms with Crippen molar-refractivity contribution in [3.63, 3.8) is 0 Å². The van der Waals surface area contributed by atoms with Crippen LogP contribution in [0.4, 0.5) is 17.1 Å². The van der Waals surface area contributed by atoms with Gasteiger partial charge in [-0.2, -0.15) is 0 Å². The highest BCUT2D eigenvalue weighted by Crippen LogP contribution is 2.23. The van der Waals surface area contributed by atoms with Gasteiger partial charge in [-0.15, -0.1) is 0 Å². The van der Waals surface area contributed by atoms with E-state index in [1.165, 1.54) is 0 Å². The molecule has 0 unspecified atom stereocenters. The van der Waals surface area contributed by atoms with E-state index in [1.807, 2.05) is 43.1 Å². The number of amides is 1. The van der Waals surface area contributed by atoms with Gasteiger partial charge in [-0.3, -0.25) is 4.79 Å². The number of nitrogens with zero attached hydrogens (tertiary/aromatic N) is 1. The SMILES string of the molecule is Cc1cccc(N(C)CC(=O)Nc2cc(Cl)ccc2N)c1. The van der Waals surface area contributed by atoms with Crippen LogP contribution in [0.2, 0.25) is 5.02 Å². The summed E-state index contributed by atoms with van der Waals surface area (Å²) in [4.78, 5) is 14.0. The number of carbonyl (C=O) groups is 1. The number of halogens is 1. The second-order valence-corrected chi connectivity index (χ2v) is 5.41. The molecule has 0 aliphatic rings. The van der Waals surface area contributed by atoms with E-state index in [-0.39, 0.29) is 12.5 Å². The molecule has 0 saturated carbocycles. The predicted octanol–water partition coefficient (Wildman–Crippen LogP) is 3.31. The molecule has 2 rings (SSSR count). The highest BCUT2D eigenvalue weighted by molar-refractivity contribution is 6.31. The van der Waals surface area contributed by atoms with E-state index in [4.69, 9.17) is 17.3 Å². The second kappa shape index (κ2) is 6.50. The van der Waals surface area contributed by atoms with Crippen LogP contribution in [0.5, 0.6) is 0 Å². The highest BCUT2D eigenvalue weighted by Gasteiger charge is 2.10. The first-order chi connectivity index (χ1) is 9.95. The van der Waals surface area contributed by atoms with Crippen LogP contribution in [0.3, 0.4) is 0 Å². The Morgan fingerprint density at radius 1 is 1.29 bits per heavy atom. The van der Waals surface area contributed by atoms with E-state index in [9.17, 15) is 4.79 Å². The summed E-state index contributed by atoms with van der Waals surface area (Å²) in [6, 6.07) is 13.0. The van der Waals surface area contributed by atoms with Crippen LogP contribution in [-0.2, 0) is 4.79 Å². The van der Waals surface area contributed by atoms with Gasteiger partial charge in [-0.1, -0.05) is 23.7 Å². The third-order valence-corrected chi connectivity index (χ3v) is 3.35. The Hall–Kier alpha value is -2.20. The minimum absolute atomic E-state index is 0.145. The van der Waals surface area contributed by atoms with Crippen LogP contribution >= 0.6 is 11.6 Å². The molecule has 2 aromatic carbocycles. The third-order valence-electron chi connectivity index (χ3n) is 3.11. The number of aryl methyl sites for hydroxylation is 1. The molecule has 0 aliphatic heterocycles. The van der Waals surface area contributed by atoms with Gasteiger partial charge in [0.2, 0.25) is 5.91 Å². The number of nitrogens with two attached hydrogens (primary N) is 1. The molecule has 4 nitrogen and oxygen atoms in total. The minimum Gasteiger partial charge on any atom is -0.397 e. The Kier molecular flexibility index (Phi) is 4.70. The molecule has 0 atom stereocenters. The maximum absolute atomic E-state index is 12.1. The number of nitrogens with one attached hydrogen (secondary N) is 1. The lowest BCUT2D eigenvalue weighted by atomic mass is 10.2. The molecule has 0 bridgehead atoms. The lowest BCUT2D eigenvalue weighted by Crippen LogP contribution is -2.30. The molecule has 0 saturated heterocycles. The van der Waals surface area contributed by atoms with Crippen LogP contribution in [0.15, 0.2) is 42.5 Å². The summed E-state index contributed by atoms with van der Waals surface area (Å²) in [5, 5.41) is 3.31. The molecule has 110 valence electrons. The molecule has 0 heterocycles. The Morgan fingerprint density at radius 2 is 2.05 bits per heavy atom. The van der Waals surface area contributed by atoms with Crippen molar-refractivity contribution < 1.29 is 4.79 Å². The number of anilines is 3. The Balaban J connectivity index is 2.03. The number of nitrogen functional groups attached to an aromatic ring is 1. The maximum Gasteiger partial charge on any atom is 0.243 e. The zero-order valence-corrected chi connectivity index (χ0v) is 12.8. The fraction of sp³-hybridized carbons (Fsp3) is 0.188. The van der Waals surface area contributed by atoms with Gasteiger partial charge in [0.25, 0.3) is 0 Å². The summed E-state index contributed by atoms with van der Waals surface area (Å²) in [6.07, 6.45) is 0. The topological polar surface area (TPSA) is 58.4 Å². The molecule has 1 amide bonds. The van der Waals surface area contributed by atoms with Crippen molar-refractivity contribution in [1.82, 2.24) is 0 Å². The van der Waals surface area contributed by atoms with Crippen molar-refractivity contribution in [2.24, 2.45) is 0 Å². The van der Waals surface area contributed by atoms with Gasteiger partial charge in [-0.05, 0) is 42.8 Å². The minimum atomic E-state index is -0.145. The van der Waals surface area contributed by atoms with Crippen molar-refractivity contribution in [2.75, 3.05) is 29.5 Å². The first kappa shape index (κ1) is 15.2. The zero-order valence-electron chi connectivity index (χ0n) is 12.1. The number of rotatable bonds is 4. The first-order valence-corrected chi connectivity index (χ1v) is 6.96. The zero-order chi connectivity index (χ0) is 15.4. The lowest BCUT2D eigenvalue weighted by Gasteiger charge is -2.19. The Labute approximate surface area is 129 Å². The number of hydrogen-bond acceptors (Lipinski definition) is 3. The average Bonchev–Trinajstić information content (AvgIpc) is 2.42. The van der Waals surface area contributed by atoms with E-state index in [1.54, 1.807) is 18.2 Å². The average molecular weight is 304 g/mol. The Bertz CT molecular complexity index is 658. The standard InChI is InChI=1S/C16H18ClN3O/c1-11-4-3-5-13(8-11)20(2)10-16(21)19-15-9-12(17)6-7-14(15)18/h3-9H,10,18H2,1-2H3,(H,19,21). The molecular formula is C16H18ClN3O. The summed E-state index contributed by atoms with van der Waals surface area (Å²) in [5.74, 6) is -0.145. The van der Waals surface area contributed by atoms with E-state index >= 15 is 0 Å². The largest absolute Gasteiger partial charge is 0.397 e. The van der Waals surface area contributed by atoms with Crippen molar-refractivity contribution >= 4 is 34.6 Å². The molecule has 0 aromatic heterocycles. The van der Waals surface area contributed by atoms with Gasteiger partial charge in [-0.25, -0.2) is 0 Å². The number of carbonyl (C=O) groups excluding carboxylic acids is 1. The number of benzene rings is 2. The summed E-state index contributed by atoms with van der Waals surface area (Å²) in [7, 11) is 1.87. The summed E-state index contributed by atoms with van der Waals surface area (Å²) >= 11 is 5.90. The van der Waals surface area contributed by atoms with Gasteiger partial charge in [0.05, 0.1) is 17.9 Å². The van der Waals surface area contributed by atoms with Crippen LogP contribution in [0, 0.1) is 6.92 Å². The monoisotopic (exact) mass is 303 g/mol. The summed E-state index contributed by atoms with van der Waals surface area (Å²) < 4.78 is 0. The molecule has 5 heteroatoms. The Morgan fingerprint density at radius 3 is 2.76 bits per heavy atom. The van der Waals surface area contributed by atoms with E-state index < -0.39 is 0 Å². The van der Waals surface area contributed by atoms with Gasteiger partial charge in [0, 0.05) is 17.8 Å². The van der Waals surface area contributed by atoms with Crippen molar-refractivity contribution in [1.29, 1.82) is 0 Å². The molecule has 0 aliphatic carbocycles. The van der Waals surface area contributed by atoms with Crippen molar-refractivity contribution in [3.8, 4) is 0 Å². The quantitative estimate of drug-likeness (QED) is 0.852. The third kappa shape index (κ3) is 4.13. The summed E-state index contributed by atoms with van der Waals surface area (Å²) in [6.45, 7) is 2.25. The van der Waals surface area contributed by atoms with Crippen LogP contribution in [0.1, 0.15) is 5.56 Å². The van der Waals surface area contributed by atoms with Gasteiger partial charge < -0.3 is 16.0 Å². The van der Waals surface area contributed by atoms with E-state index in [0.717, 1.165) is 11.3 Å². The normalized spacial score (nSPS) is 10.2. The summed E-state index contributed by atoms with van der Waals surface area (Å²) in [5.41, 5.74) is 8.98. The van der Waals surface area contributed by atoms with Gasteiger partial charge in [0.1, 0.15) is 0 Å². The smallest absolute Gasteiger partial charge is 0.243 e. The number of likely N-dealkylation sites (N-methyl/N-ethyl adjacent to an activating group) is 1. The fourth-order valence-corrected chi connectivity index (χ4v) is 2.17. The fourth-order valence-electron chi connectivity index (χ4n) is 2.00. The van der Waals surface area contributed by atoms with E-state index in [2.05, 4.69) is 5.32 Å². The first-order valence-electron chi connectivity index (χ1n) is 6.58. The molecule has 0 radical (unpaired) electrons. The lowest BCUT2D eigenvalue weighted by molar-refractivity contribution is -0.114. The highest BCUT2D eigenvalue weighted by atomic mass is 35.5.